The second-order valence-electron chi connectivity index (χ2n) is 5.75. The van der Waals surface area contributed by atoms with E-state index in [0.717, 1.165) is 13.1 Å². The third-order valence-electron chi connectivity index (χ3n) is 4.15. The maximum absolute atomic E-state index is 12.3. The van der Waals surface area contributed by atoms with Crippen LogP contribution in [0, 0.1) is 0 Å². The molecule has 24 heavy (non-hydrogen) atoms. The minimum absolute atomic E-state index is 0.0601. The number of hydrogen-bond donors (Lipinski definition) is 2. The molecule has 0 saturated carbocycles. The summed E-state index contributed by atoms with van der Waals surface area (Å²) in [5.41, 5.74) is 0.926. The predicted molar refractivity (Wildman–Crippen MR) is 92.6 cm³/mol. The molecule has 0 aliphatic carbocycles. The van der Waals surface area contributed by atoms with Crippen LogP contribution < -0.4 is 5.32 Å². The van der Waals surface area contributed by atoms with Gasteiger partial charge in [-0.05, 0) is 24.4 Å². The molecule has 2 N–H and O–H groups in total. The summed E-state index contributed by atoms with van der Waals surface area (Å²) in [6.07, 6.45) is 1.57. The lowest BCUT2D eigenvalue weighted by Gasteiger charge is -2.34. The summed E-state index contributed by atoms with van der Waals surface area (Å²) in [7, 11) is 0. The number of nitrogens with zero attached hydrogens (tertiary/aromatic N) is 1. The quantitative estimate of drug-likeness (QED) is 0.785. The molecule has 3 heterocycles. The molecule has 6 nitrogen and oxygen atoms in total. The lowest BCUT2D eigenvalue weighted by atomic mass is 10.2. The van der Waals surface area contributed by atoms with E-state index in [-0.39, 0.29) is 17.7 Å². The molecule has 0 spiro atoms. The van der Waals surface area contributed by atoms with Crippen molar-refractivity contribution in [3.8, 4) is 0 Å². The van der Waals surface area contributed by atoms with Crippen LogP contribution in [-0.2, 0) is 4.74 Å². The van der Waals surface area contributed by atoms with Crippen LogP contribution in [0.15, 0.2) is 29.8 Å². The third-order valence-corrected chi connectivity index (χ3v) is 5.12. The zero-order valence-corrected chi connectivity index (χ0v) is 14.4. The monoisotopic (exact) mass is 347 g/mol. The van der Waals surface area contributed by atoms with Crippen molar-refractivity contribution in [3.05, 3.63) is 45.9 Å². The number of thiophene rings is 1. The molecule has 1 saturated heterocycles. The molecule has 7 heteroatoms. The molecule has 1 fully saturated rings. The number of aromatic nitrogens is 1. The Morgan fingerprint density at radius 3 is 2.83 bits per heavy atom. The van der Waals surface area contributed by atoms with Gasteiger partial charge in [0.15, 0.2) is 5.78 Å². The van der Waals surface area contributed by atoms with Gasteiger partial charge in [-0.15, -0.1) is 11.3 Å². The first-order valence-electron chi connectivity index (χ1n) is 7.98. The number of hydrogen-bond acceptors (Lipinski definition) is 5. The Morgan fingerprint density at radius 2 is 2.21 bits per heavy atom. The molecule has 128 valence electrons. The van der Waals surface area contributed by atoms with E-state index in [2.05, 4.69) is 26.6 Å². The molecular formula is C17H21N3O3S. The topological polar surface area (TPSA) is 74.4 Å². The van der Waals surface area contributed by atoms with E-state index >= 15 is 0 Å². The number of morpholine rings is 1. The summed E-state index contributed by atoms with van der Waals surface area (Å²) in [6, 6.07) is 5.85. The van der Waals surface area contributed by atoms with Crippen LogP contribution >= 0.6 is 11.3 Å². The number of Topliss-reactive ketones (excluding diaryl/α,β-unsaturated/α-hetero) is 1. The Balaban J connectivity index is 1.66. The lowest BCUT2D eigenvalue weighted by molar-refractivity contribution is 0.0169. The molecule has 2 aromatic rings. The summed E-state index contributed by atoms with van der Waals surface area (Å²) in [4.78, 5) is 30.1. The van der Waals surface area contributed by atoms with E-state index in [0.29, 0.717) is 31.0 Å². The van der Waals surface area contributed by atoms with Crippen LogP contribution in [0.2, 0.25) is 0 Å². The van der Waals surface area contributed by atoms with Crippen molar-refractivity contribution in [3.63, 3.8) is 0 Å². The maximum Gasteiger partial charge on any atom is 0.267 e. The van der Waals surface area contributed by atoms with Gasteiger partial charge in [-0.3, -0.25) is 14.5 Å². The van der Waals surface area contributed by atoms with E-state index in [9.17, 15) is 9.59 Å². The number of ketones is 1. The van der Waals surface area contributed by atoms with Crippen LogP contribution in [0.5, 0.6) is 0 Å². The number of H-pyrrole nitrogens is 1. The fraction of sp³-hybridized carbons (Fsp3) is 0.412. The van der Waals surface area contributed by atoms with Crippen molar-refractivity contribution in [2.24, 2.45) is 0 Å². The van der Waals surface area contributed by atoms with Gasteiger partial charge in [0.2, 0.25) is 0 Å². The van der Waals surface area contributed by atoms with Crippen molar-refractivity contribution in [1.82, 2.24) is 15.2 Å². The van der Waals surface area contributed by atoms with Crippen molar-refractivity contribution in [2.75, 3.05) is 32.8 Å². The molecule has 1 aliphatic heterocycles. The van der Waals surface area contributed by atoms with Crippen LogP contribution in [0.25, 0.3) is 0 Å². The highest BCUT2D eigenvalue weighted by Crippen LogP contribution is 2.25. The lowest BCUT2D eigenvalue weighted by Crippen LogP contribution is -2.43. The molecule has 1 amide bonds. The van der Waals surface area contributed by atoms with Gasteiger partial charge in [0.05, 0.1) is 19.3 Å². The largest absolute Gasteiger partial charge is 0.379 e. The number of ether oxygens (including phenoxy) is 1. The first-order chi connectivity index (χ1) is 11.6. The normalized spacial score (nSPS) is 16.7. The van der Waals surface area contributed by atoms with E-state index in [1.165, 1.54) is 11.8 Å². The molecule has 0 radical (unpaired) electrons. The standard InChI is InChI=1S/C17H21N3O3S/c1-12(21)13-9-14(18-10-13)17(22)19-11-15(16-3-2-8-24-16)20-4-6-23-7-5-20/h2-3,8-10,15,18H,4-7,11H2,1H3,(H,19,22). The Hall–Kier alpha value is -1.96. The Bertz CT molecular complexity index is 690. The van der Waals surface area contributed by atoms with Gasteiger partial charge in [-0.25, -0.2) is 0 Å². The second-order valence-corrected chi connectivity index (χ2v) is 6.73. The molecule has 2 aromatic heterocycles. The van der Waals surface area contributed by atoms with Gasteiger partial charge in [0, 0.05) is 36.3 Å². The average molecular weight is 347 g/mol. The maximum atomic E-state index is 12.3. The van der Waals surface area contributed by atoms with Gasteiger partial charge < -0.3 is 15.0 Å². The van der Waals surface area contributed by atoms with Gasteiger partial charge in [0.1, 0.15) is 5.69 Å². The minimum atomic E-state index is -0.197. The molecule has 1 aliphatic rings. The van der Waals surface area contributed by atoms with Gasteiger partial charge in [-0.2, -0.15) is 0 Å². The summed E-state index contributed by atoms with van der Waals surface area (Å²) in [6.45, 7) is 5.15. The summed E-state index contributed by atoms with van der Waals surface area (Å²) in [5, 5.41) is 5.03. The van der Waals surface area contributed by atoms with Crippen molar-refractivity contribution >= 4 is 23.0 Å². The Kier molecular flexibility index (Phi) is 5.44. The number of carbonyl (C=O) groups excluding carboxylic acids is 2. The van der Waals surface area contributed by atoms with E-state index in [4.69, 9.17) is 4.74 Å². The smallest absolute Gasteiger partial charge is 0.267 e. The SMILES string of the molecule is CC(=O)c1c[nH]c(C(=O)NCC(c2cccs2)N2CCOCC2)c1. The Labute approximate surface area is 144 Å². The van der Waals surface area contributed by atoms with E-state index < -0.39 is 0 Å². The van der Waals surface area contributed by atoms with Gasteiger partial charge >= 0.3 is 0 Å². The number of nitrogens with one attached hydrogen (secondary N) is 2. The molecule has 0 bridgehead atoms. The summed E-state index contributed by atoms with van der Waals surface area (Å²) < 4.78 is 5.42. The molecule has 3 rings (SSSR count). The highest BCUT2D eigenvalue weighted by atomic mass is 32.1. The summed E-state index contributed by atoms with van der Waals surface area (Å²) in [5.74, 6) is -0.257. The first kappa shape index (κ1) is 16.9. The zero-order chi connectivity index (χ0) is 16.9. The number of aromatic amines is 1. The van der Waals surface area contributed by atoms with Gasteiger partial charge in [0.25, 0.3) is 5.91 Å². The number of carbonyl (C=O) groups is 2. The molecule has 0 aromatic carbocycles. The zero-order valence-electron chi connectivity index (χ0n) is 13.6. The third kappa shape index (κ3) is 3.92. The second kappa shape index (κ2) is 7.74. The Morgan fingerprint density at radius 1 is 1.42 bits per heavy atom. The molecular weight excluding hydrogens is 326 g/mol. The highest BCUT2D eigenvalue weighted by molar-refractivity contribution is 7.10. The highest BCUT2D eigenvalue weighted by Gasteiger charge is 2.24. The molecule has 1 atom stereocenters. The van der Waals surface area contributed by atoms with Crippen molar-refractivity contribution < 1.29 is 14.3 Å². The first-order valence-corrected chi connectivity index (χ1v) is 8.86. The predicted octanol–water partition coefficient (Wildman–Crippen LogP) is 2.08. The summed E-state index contributed by atoms with van der Waals surface area (Å²) >= 11 is 1.69. The van der Waals surface area contributed by atoms with Crippen molar-refractivity contribution in [2.45, 2.75) is 13.0 Å². The van der Waals surface area contributed by atoms with E-state index in [1.807, 2.05) is 6.07 Å². The van der Waals surface area contributed by atoms with Crippen LogP contribution in [0.3, 0.4) is 0 Å². The number of rotatable bonds is 6. The average Bonchev–Trinajstić information content (AvgIpc) is 3.28. The van der Waals surface area contributed by atoms with Crippen LogP contribution in [0.1, 0.15) is 38.7 Å². The van der Waals surface area contributed by atoms with Crippen molar-refractivity contribution in [1.29, 1.82) is 0 Å². The van der Waals surface area contributed by atoms with Gasteiger partial charge in [-0.1, -0.05) is 6.07 Å². The fourth-order valence-electron chi connectivity index (χ4n) is 2.79. The number of amides is 1. The minimum Gasteiger partial charge on any atom is -0.379 e. The van der Waals surface area contributed by atoms with Crippen LogP contribution in [0.4, 0.5) is 0 Å². The molecule has 1 unspecified atom stereocenters. The van der Waals surface area contributed by atoms with Crippen LogP contribution in [-0.4, -0.2) is 54.4 Å². The van der Waals surface area contributed by atoms with E-state index in [1.54, 1.807) is 23.6 Å². The fourth-order valence-corrected chi connectivity index (χ4v) is 3.65.